The Hall–Kier alpha value is -2.13. The van der Waals surface area contributed by atoms with Crippen LogP contribution in [0.1, 0.15) is 22.3 Å². The van der Waals surface area contributed by atoms with Crippen LogP contribution in [0.3, 0.4) is 0 Å². The van der Waals surface area contributed by atoms with Gasteiger partial charge in [0.25, 0.3) is 5.91 Å². The Balaban J connectivity index is 2.29. The Labute approximate surface area is 119 Å². The van der Waals surface area contributed by atoms with Crippen molar-refractivity contribution in [1.82, 2.24) is 10.6 Å². The van der Waals surface area contributed by atoms with Crippen LogP contribution in [0.4, 0.5) is 0 Å². The fourth-order valence-electron chi connectivity index (χ4n) is 3.04. The number of hydrogen-bond donors (Lipinski definition) is 2. The molecule has 0 aliphatic carbocycles. The monoisotopic (exact) mass is 266 g/mol. The number of hydrogen-bond acceptors (Lipinski definition) is 2. The van der Waals surface area contributed by atoms with Crippen molar-refractivity contribution in [1.29, 1.82) is 0 Å². The molecule has 0 aromatic heterocycles. The SMILES string of the molecule is Cc1ccccc1C1(c2ccccc2C)NCNC1=O. The highest BCUT2D eigenvalue weighted by Crippen LogP contribution is 2.35. The summed E-state index contributed by atoms with van der Waals surface area (Å²) in [5.41, 5.74) is 3.48. The third kappa shape index (κ3) is 1.74. The van der Waals surface area contributed by atoms with Gasteiger partial charge >= 0.3 is 0 Å². The molecular weight excluding hydrogens is 248 g/mol. The van der Waals surface area contributed by atoms with Gasteiger partial charge in [0, 0.05) is 0 Å². The lowest BCUT2D eigenvalue weighted by Crippen LogP contribution is -2.45. The minimum atomic E-state index is -0.781. The van der Waals surface area contributed by atoms with Crippen LogP contribution >= 0.6 is 0 Å². The maximum atomic E-state index is 12.6. The molecule has 0 unspecified atom stereocenters. The molecule has 1 saturated heterocycles. The van der Waals surface area contributed by atoms with Crippen LogP contribution < -0.4 is 10.6 Å². The first-order valence-electron chi connectivity index (χ1n) is 6.82. The average Bonchev–Trinajstić information content (AvgIpc) is 2.82. The highest BCUT2D eigenvalue weighted by molar-refractivity contribution is 5.94. The molecule has 1 heterocycles. The number of aryl methyl sites for hydroxylation is 2. The number of carbonyl (C=O) groups is 1. The van der Waals surface area contributed by atoms with Gasteiger partial charge in [-0.05, 0) is 36.1 Å². The predicted octanol–water partition coefficient (Wildman–Crippen LogP) is 2.22. The number of benzene rings is 2. The predicted molar refractivity (Wildman–Crippen MR) is 79.3 cm³/mol. The summed E-state index contributed by atoms with van der Waals surface area (Å²) in [5, 5.41) is 6.29. The zero-order valence-corrected chi connectivity index (χ0v) is 11.7. The molecule has 3 rings (SSSR count). The van der Waals surface area contributed by atoms with Gasteiger partial charge in [0.15, 0.2) is 5.54 Å². The average molecular weight is 266 g/mol. The van der Waals surface area contributed by atoms with Crippen LogP contribution in [-0.2, 0) is 10.3 Å². The van der Waals surface area contributed by atoms with Crippen molar-refractivity contribution < 1.29 is 4.79 Å². The summed E-state index contributed by atoms with van der Waals surface area (Å²) in [6.45, 7) is 4.58. The smallest absolute Gasteiger partial charge is 0.250 e. The molecule has 0 radical (unpaired) electrons. The third-order valence-corrected chi connectivity index (χ3v) is 4.04. The topological polar surface area (TPSA) is 41.1 Å². The minimum absolute atomic E-state index is 0.0149. The molecule has 2 aromatic carbocycles. The van der Waals surface area contributed by atoms with Gasteiger partial charge in [0.1, 0.15) is 0 Å². The van der Waals surface area contributed by atoms with Gasteiger partial charge in [-0.25, -0.2) is 0 Å². The fraction of sp³-hybridized carbons (Fsp3) is 0.235. The van der Waals surface area contributed by atoms with Crippen molar-refractivity contribution in [2.24, 2.45) is 0 Å². The summed E-state index contributed by atoms with van der Waals surface area (Å²) in [5.74, 6) is 0.0149. The summed E-state index contributed by atoms with van der Waals surface area (Å²) in [6, 6.07) is 16.1. The molecule has 20 heavy (non-hydrogen) atoms. The minimum Gasteiger partial charge on any atom is -0.341 e. The second-order valence-electron chi connectivity index (χ2n) is 5.24. The second-order valence-corrected chi connectivity index (χ2v) is 5.24. The Morgan fingerprint density at radius 1 is 0.900 bits per heavy atom. The summed E-state index contributed by atoms with van der Waals surface area (Å²) in [7, 11) is 0. The Bertz CT molecular complexity index is 618. The van der Waals surface area contributed by atoms with Gasteiger partial charge in [-0.15, -0.1) is 0 Å². The van der Waals surface area contributed by atoms with Gasteiger partial charge < -0.3 is 5.32 Å². The quantitative estimate of drug-likeness (QED) is 0.875. The molecule has 0 bridgehead atoms. The molecule has 2 N–H and O–H groups in total. The van der Waals surface area contributed by atoms with E-state index in [-0.39, 0.29) is 5.91 Å². The lowest BCUT2D eigenvalue weighted by molar-refractivity contribution is -0.123. The van der Waals surface area contributed by atoms with Crippen molar-refractivity contribution in [2.45, 2.75) is 19.4 Å². The molecular formula is C17H18N2O. The van der Waals surface area contributed by atoms with Crippen molar-refractivity contribution in [3.8, 4) is 0 Å². The van der Waals surface area contributed by atoms with Crippen molar-refractivity contribution >= 4 is 5.91 Å². The van der Waals surface area contributed by atoms with Gasteiger partial charge in [-0.1, -0.05) is 48.5 Å². The van der Waals surface area contributed by atoms with E-state index in [0.717, 1.165) is 22.3 Å². The van der Waals surface area contributed by atoms with E-state index in [2.05, 4.69) is 10.6 Å². The highest BCUT2D eigenvalue weighted by atomic mass is 16.2. The summed E-state index contributed by atoms with van der Waals surface area (Å²) >= 11 is 0. The molecule has 1 aliphatic heterocycles. The first-order chi connectivity index (χ1) is 9.66. The van der Waals surface area contributed by atoms with E-state index in [1.165, 1.54) is 0 Å². The molecule has 3 nitrogen and oxygen atoms in total. The lowest BCUT2D eigenvalue weighted by atomic mass is 9.79. The Morgan fingerprint density at radius 2 is 1.40 bits per heavy atom. The normalized spacial score (nSPS) is 17.0. The zero-order valence-electron chi connectivity index (χ0n) is 11.7. The molecule has 0 saturated carbocycles. The van der Waals surface area contributed by atoms with Crippen LogP contribution in [0.5, 0.6) is 0 Å². The zero-order chi connectivity index (χ0) is 14.2. The second kappa shape index (κ2) is 4.76. The van der Waals surface area contributed by atoms with Crippen LogP contribution in [0.25, 0.3) is 0 Å². The maximum Gasteiger partial charge on any atom is 0.250 e. The van der Waals surface area contributed by atoms with Gasteiger partial charge in [-0.3, -0.25) is 10.1 Å². The third-order valence-electron chi connectivity index (χ3n) is 4.04. The maximum absolute atomic E-state index is 12.6. The molecule has 3 heteroatoms. The van der Waals surface area contributed by atoms with Gasteiger partial charge in [-0.2, -0.15) is 0 Å². The first kappa shape index (κ1) is 12.9. The molecule has 1 amide bonds. The number of rotatable bonds is 2. The van der Waals surface area contributed by atoms with E-state index in [4.69, 9.17) is 0 Å². The van der Waals surface area contributed by atoms with Crippen LogP contribution in [-0.4, -0.2) is 12.6 Å². The van der Waals surface area contributed by atoms with E-state index in [9.17, 15) is 4.79 Å². The molecule has 1 fully saturated rings. The molecule has 0 atom stereocenters. The van der Waals surface area contributed by atoms with Crippen LogP contribution in [0.2, 0.25) is 0 Å². The number of carbonyl (C=O) groups excluding carboxylic acids is 1. The Kier molecular flexibility index (Phi) is 3.07. The van der Waals surface area contributed by atoms with Gasteiger partial charge in [0.05, 0.1) is 6.67 Å². The van der Waals surface area contributed by atoms with E-state index in [1.807, 2.05) is 62.4 Å². The molecule has 0 spiro atoms. The van der Waals surface area contributed by atoms with Crippen molar-refractivity contribution in [2.75, 3.05) is 6.67 Å². The van der Waals surface area contributed by atoms with Crippen LogP contribution in [0, 0.1) is 13.8 Å². The fourth-order valence-corrected chi connectivity index (χ4v) is 3.04. The van der Waals surface area contributed by atoms with Gasteiger partial charge in [0.2, 0.25) is 0 Å². The van der Waals surface area contributed by atoms with Crippen LogP contribution in [0.15, 0.2) is 48.5 Å². The van der Waals surface area contributed by atoms with Crippen molar-refractivity contribution in [3.05, 3.63) is 70.8 Å². The summed E-state index contributed by atoms with van der Waals surface area (Å²) in [6.07, 6.45) is 0. The summed E-state index contributed by atoms with van der Waals surface area (Å²) < 4.78 is 0. The largest absolute Gasteiger partial charge is 0.341 e. The lowest BCUT2D eigenvalue weighted by Gasteiger charge is -2.30. The standard InChI is InChI=1S/C17H18N2O/c1-12-7-3-5-9-14(12)17(16(20)18-11-19-17)15-10-6-4-8-13(15)2/h3-10,19H,11H2,1-2H3,(H,18,20). The number of nitrogens with one attached hydrogen (secondary N) is 2. The molecule has 2 aromatic rings. The number of amides is 1. The summed E-state index contributed by atoms with van der Waals surface area (Å²) in [4.78, 5) is 12.6. The van der Waals surface area contributed by atoms with E-state index < -0.39 is 5.54 Å². The first-order valence-corrected chi connectivity index (χ1v) is 6.82. The Morgan fingerprint density at radius 3 is 1.80 bits per heavy atom. The highest BCUT2D eigenvalue weighted by Gasteiger charge is 2.46. The van der Waals surface area contributed by atoms with Crippen molar-refractivity contribution in [3.63, 3.8) is 0 Å². The van der Waals surface area contributed by atoms with E-state index in [1.54, 1.807) is 0 Å². The van der Waals surface area contributed by atoms with E-state index in [0.29, 0.717) is 6.67 Å². The molecule has 1 aliphatic rings. The molecule has 102 valence electrons. The van der Waals surface area contributed by atoms with E-state index >= 15 is 0 Å².